The Hall–Kier alpha value is -1.06. The van der Waals surface area contributed by atoms with E-state index in [1.54, 1.807) is 0 Å². The molecular formula is C17H30O4. The number of ether oxygens (including phenoxy) is 1. The van der Waals surface area contributed by atoms with Gasteiger partial charge in [0.25, 0.3) is 0 Å². The summed E-state index contributed by atoms with van der Waals surface area (Å²) in [5.74, 6) is -1.47. The quantitative estimate of drug-likeness (QED) is 0.515. The van der Waals surface area contributed by atoms with Crippen LogP contribution in [-0.2, 0) is 14.3 Å². The predicted octanol–water partition coefficient (Wildman–Crippen LogP) is 4.03. The van der Waals surface area contributed by atoms with Crippen molar-refractivity contribution in [2.75, 3.05) is 6.61 Å². The molecule has 21 heavy (non-hydrogen) atoms. The topological polar surface area (TPSA) is 63.6 Å². The van der Waals surface area contributed by atoms with Crippen LogP contribution in [0.15, 0.2) is 0 Å². The van der Waals surface area contributed by atoms with E-state index in [1.807, 2.05) is 0 Å². The average Bonchev–Trinajstić information content (AvgIpc) is 2.49. The fraction of sp³-hybridized carbons (Fsp3) is 0.882. The van der Waals surface area contributed by atoms with E-state index in [-0.39, 0.29) is 5.97 Å². The summed E-state index contributed by atoms with van der Waals surface area (Å²) >= 11 is 0. The lowest BCUT2D eigenvalue weighted by Crippen LogP contribution is -2.34. The van der Waals surface area contributed by atoms with Crippen LogP contribution in [0.5, 0.6) is 0 Å². The molecule has 0 amide bonds. The highest BCUT2D eigenvalue weighted by Gasteiger charge is 2.36. The van der Waals surface area contributed by atoms with Crippen LogP contribution in [0.1, 0.15) is 71.6 Å². The highest BCUT2D eigenvalue weighted by atomic mass is 16.5. The Labute approximate surface area is 128 Å². The molecule has 1 N–H and O–H groups in total. The number of unbranched alkanes of at least 4 members (excludes halogenated alkanes) is 1. The van der Waals surface area contributed by atoms with Crippen LogP contribution in [-0.4, -0.2) is 23.7 Å². The summed E-state index contributed by atoms with van der Waals surface area (Å²) in [5.41, 5.74) is 0. The highest BCUT2D eigenvalue weighted by Crippen LogP contribution is 2.31. The van der Waals surface area contributed by atoms with E-state index in [0.717, 1.165) is 25.7 Å². The molecule has 0 aromatic carbocycles. The predicted molar refractivity (Wildman–Crippen MR) is 82.0 cm³/mol. The smallest absolute Gasteiger partial charge is 0.309 e. The second kappa shape index (κ2) is 9.80. The number of carboxylic acids is 1. The van der Waals surface area contributed by atoms with Gasteiger partial charge in [0, 0.05) is 0 Å². The van der Waals surface area contributed by atoms with Crippen molar-refractivity contribution in [3.63, 3.8) is 0 Å². The fourth-order valence-corrected chi connectivity index (χ4v) is 3.12. The molecule has 4 heteroatoms. The zero-order valence-electron chi connectivity index (χ0n) is 13.5. The van der Waals surface area contributed by atoms with E-state index in [9.17, 15) is 14.7 Å². The summed E-state index contributed by atoms with van der Waals surface area (Å²) in [6, 6.07) is 0. The van der Waals surface area contributed by atoms with Gasteiger partial charge in [0.15, 0.2) is 0 Å². The second-order valence-corrected chi connectivity index (χ2v) is 6.39. The number of carboxylic acid groups (broad SMARTS) is 1. The minimum atomic E-state index is -0.857. The Balaban J connectivity index is 2.24. The molecule has 0 aliphatic heterocycles. The third kappa shape index (κ3) is 6.49. The van der Waals surface area contributed by atoms with Crippen molar-refractivity contribution >= 4 is 11.9 Å². The maximum Gasteiger partial charge on any atom is 0.309 e. The third-order valence-corrected chi connectivity index (χ3v) is 4.52. The van der Waals surface area contributed by atoms with E-state index in [1.165, 1.54) is 19.3 Å². The zero-order chi connectivity index (χ0) is 15.7. The lowest BCUT2D eigenvalue weighted by Gasteiger charge is -2.26. The normalized spacial score (nSPS) is 23.5. The molecule has 0 aromatic rings. The number of carbonyl (C=O) groups is 2. The molecule has 1 fully saturated rings. The van der Waals surface area contributed by atoms with Gasteiger partial charge in [0.2, 0.25) is 0 Å². The number of hydrogen-bond donors (Lipinski definition) is 1. The van der Waals surface area contributed by atoms with Gasteiger partial charge in [-0.1, -0.05) is 46.0 Å². The lowest BCUT2D eigenvalue weighted by molar-refractivity contribution is -0.159. The first kappa shape index (κ1) is 18.0. The summed E-state index contributed by atoms with van der Waals surface area (Å²) in [4.78, 5) is 23.2. The number of hydrogen-bond acceptors (Lipinski definition) is 3. The van der Waals surface area contributed by atoms with Crippen LogP contribution in [0.2, 0.25) is 0 Å². The van der Waals surface area contributed by atoms with Gasteiger partial charge >= 0.3 is 11.9 Å². The van der Waals surface area contributed by atoms with E-state index >= 15 is 0 Å². The van der Waals surface area contributed by atoms with Crippen LogP contribution in [0.4, 0.5) is 0 Å². The lowest BCUT2D eigenvalue weighted by atomic mass is 9.79. The monoisotopic (exact) mass is 298 g/mol. The van der Waals surface area contributed by atoms with Gasteiger partial charge in [-0.15, -0.1) is 0 Å². The molecule has 1 unspecified atom stereocenters. The van der Waals surface area contributed by atoms with Crippen molar-refractivity contribution in [2.24, 2.45) is 17.8 Å². The van der Waals surface area contributed by atoms with Crippen LogP contribution in [0, 0.1) is 17.8 Å². The van der Waals surface area contributed by atoms with E-state index in [0.29, 0.717) is 25.4 Å². The molecule has 0 heterocycles. The van der Waals surface area contributed by atoms with Crippen molar-refractivity contribution in [1.82, 2.24) is 0 Å². The molecule has 1 aliphatic carbocycles. The van der Waals surface area contributed by atoms with Crippen molar-refractivity contribution in [2.45, 2.75) is 71.6 Å². The molecule has 0 radical (unpaired) electrons. The van der Waals surface area contributed by atoms with Gasteiger partial charge in [-0.3, -0.25) is 9.59 Å². The van der Waals surface area contributed by atoms with Crippen LogP contribution >= 0.6 is 0 Å². The molecule has 122 valence electrons. The van der Waals surface area contributed by atoms with Gasteiger partial charge in [0.05, 0.1) is 18.4 Å². The first-order valence-electron chi connectivity index (χ1n) is 8.45. The molecule has 0 aromatic heterocycles. The Morgan fingerprint density at radius 2 is 1.76 bits per heavy atom. The summed E-state index contributed by atoms with van der Waals surface area (Å²) in [6.07, 6.45) is 8.73. The van der Waals surface area contributed by atoms with Crippen molar-refractivity contribution in [1.29, 1.82) is 0 Å². The van der Waals surface area contributed by atoms with E-state index < -0.39 is 17.8 Å². The maximum absolute atomic E-state index is 12.0. The molecule has 3 atom stereocenters. The molecule has 4 nitrogen and oxygen atoms in total. The maximum atomic E-state index is 12.0. The highest BCUT2D eigenvalue weighted by molar-refractivity contribution is 5.81. The Morgan fingerprint density at radius 3 is 2.38 bits per heavy atom. The number of rotatable bonds is 9. The molecule has 1 rings (SSSR count). The van der Waals surface area contributed by atoms with Crippen molar-refractivity contribution < 1.29 is 19.4 Å². The molecule has 0 saturated heterocycles. The van der Waals surface area contributed by atoms with E-state index in [2.05, 4.69) is 13.8 Å². The minimum Gasteiger partial charge on any atom is -0.481 e. The zero-order valence-corrected chi connectivity index (χ0v) is 13.5. The minimum absolute atomic E-state index is 0.302. The van der Waals surface area contributed by atoms with Crippen molar-refractivity contribution in [3.8, 4) is 0 Å². The van der Waals surface area contributed by atoms with Crippen LogP contribution in [0.25, 0.3) is 0 Å². The largest absolute Gasteiger partial charge is 0.481 e. The number of carbonyl (C=O) groups excluding carboxylic acids is 1. The Bertz CT molecular complexity index is 327. The van der Waals surface area contributed by atoms with E-state index in [4.69, 9.17) is 4.74 Å². The molecule has 0 bridgehead atoms. The first-order valence-corrected chi connectivity index (χ1v) is 8.45. The Morgan fingerprint density at radius 1 is 1.14 bits per heavy atom. The molecular weight excluding hydrogens is 268 g/mol. The van der Waals surface area contributed by atoms with Gasteiger partial charge in [-0.2, -0.15) is 0 Å². The van der Waals surface area contributed by atoms with Crippen LogP contribution in [0.3, 0.4) is 0 Å². The van der Waals surface area contributed by atoms with Gasteiger partial charge in [0.1, 0.15) is 0 Å². The number of esters is 1. The summed E-state index contributed by atoms with van der Waals surface area (Å²) in [6.45, 7) is 4.86. The van der Waals surface area contributed by atoms with Gasteiger partial charge in [-0.05, 0) is 31.6 Å². The third-order valence-electron chi connectivity index (χ3n) is 4.52. The van der Waals surface area contributed by atoms with Gasteiger partial charge in [-0.25, -0.2) is 0 Å². The first-order chi connectivity index (χ1) is 10.1. The summed E-state index contributed by atoms with van der Waals surface area (Å²) < 4.78 is 5.31. The van der Waals surface area contributed by atoms with Crippen molar-refractivity contribution in [3.05, 3.63) is 0 Å². The standard InChI is InChI=1S/C17H30O4/c1-3-4-8-13(2)9-7-12-21-17(20)15-11-6-5-10-14(15)16(18)19/h13-15H,3-12H2,1-2H3,(H,18,19)/t13?,14-,15+/m0/s1. The second-order valence-electron chi connectivity index (χ2n) is 6.39. The average molecular weight is 298 g/mol. The van der Waals surface area contributed by atoms with Gasteiger partial charge < -0.3 is 9.84 Å². The summed E-state index contributed by atoms with van der Waals surface area (Å²) in [7, 11) is 0. The van der Waals surface area contributed by atoms with Crippen LogP contribution < -0.4 is 0 Å². The molecule has 1 saturated carbocycles. The molecule has 1 aliphatic rings. The molecule has 0 spiro atoms. The fourth-order valence-electron chi connectivity index (χ4n) is 3.12. The Kier molecular flexibility index (Phi) is 8.40. The number of aliphatic carboxylic acids is 1. The summed E-state index contributed by atoms with van der Waals surface area (Å²) in [5, 5.41) is 9.18. The SMILES string of the molecule is CCCCC(C)CCCOC(=O)[C@@H]1CCCC[C@@H]1C(=O)O.